The summed E-state index contributed by atoms with van der Waals surface area (Å²) in [6.07, 6.45) is -0.0233. The average Bonchev–Trinajstić information content (AvgIpc) is 3.45. The number of nitrogens with zero attached hydrogens (tertiary/aromatic N) is 3. The molecule has 0 aromatic heterocycles. The molecule has 2 amide bonds. The Morgan fingerprint density at radius 3 is 2.20 bits per heavy atom. The van der Waals surface area contributed by atoms with Crippen molar-refractivity contribution in [2.75, 3.05) is 36.0 Å². The Kier molecular flexibility index (Phi) is 9.98. The van der Waals surface area contributed by atoms with Crippen LogP contribution in [0.15, 0.2) is 53.4 Å². The largest absolute Gasteiger partial charge is 0.461 e. The van der Waals surface area contributed by atoms with Gasteiger partial charge in [-0.1, -0.05) is 17.7 Å². The highest BCUT2D eigenvalue weighted by Gasteiger charge is 2.43. The number of sulfonamides is 1. The van der Waals surface area contributed by atoms with Crippen LogP contribution >= 0.6 is 11.8 Å². The number of ether oxygens (including phenoxy) is 2. The van der Waals surface area contributed by atoms with Gasteiger partial charge in [0.2, 0.25) is 15.9 Å². The third-order valence-corrected chi connectivity index (χ3v) is 9.89. The Hall–Kier alpha value is -3.09. The van der Waals surface area contributed by atoms with Crippen LogP contribution in [0.4, 0.5) is 10.5 Å². The van der Waals surface area contributed by atoms with E-state index in [2.05, 4.69) is 0 Å². The standard InChI is InChI=1S/C29H37N3O7S2/c1-20(2)38-28(34)22(4)32(23-9-11-24(12-10-23)39-29(35)30-16-18-40-19-17-30)27(33)26-6-5-15-31(26)41(36,37)25-13-7-21(3)8-14-25/h7-14,20,22,26H,5-6,15-19H2,1-4H3/t22-,26-/m0/s1. The first-order valence-corrected chi connectivity index (χ1v) is 16.3. The summed E-state index contributed by atoms with van der Waals surface area (Å²) in [6, 6.07) is 10.8. The first-order chi connectivity index (χ1) is 19.5. The van der Waals surface area contributed by atoms with Crippen LogP contribution in [0.1, 0.15) is 39.2 Å². The first-order valence-electron chi connectivity index (χ1n) is 13.8. The lowest BCUT2D eigenvalue weighted by atomic mass is 10.1. The summed E-state index contributed by atoms with van der Waals surface area (Å²) < 4.78 is 39.3. The highest BCUT2D eigenvalue weighted by Crippen LogP contribution is 2.31. The summed E-state index contributed by atoms with van der Waals surface area (Å²) in [6.45, 7) is 8.27. The molecule has 2 aromatic rings. The lowest BCUT2D eigenvalue weighted by Gasteiger charge is -2.33. The molecule has 2 fully saturated rings. The van der Waals surface area contributed by atoms with Crippen molar-refractivity contribution >= 4 is 45.4 Å². The molecule has 222 valence electrons. The van der Waals surface area contributed by atoms with E-state index >= 15 is 0 Å². The second-order valence-corrected chi connectivity index (χ2v) is 13.5. The third-order valence-electron chi connectivity index (χ3n) is 7.02. The van der Waals surface area contributed by atoms with E-state index in [1.165, 1.54) is 21.3 Å². The number of esters is 1. The number of anilines is 1. The lowest BCUT2D eigenvalue weighted by molar-refractivity contribution is -0.149. The first kappa shape index (κ1) is 30.9. The van der Waals surface area contributed by atoms with Gasteiger partial charge in [0.1, 0.15) is 17.8 Å². The fraction of sp³-hybridized carbons (Fsp3) is 0.483. The van der Waals surface area contributed by atoms with E-state index in [4.69, 9.17) is 9.47 Å². The number of amides is 2. The fourth-order valence-electron chi connectivity index (χ4n) is 4.84. The fourth-order valence-corrected chi connectivity index (χ4v) is 7.40. The van der Waals surface area contributed by atoms with Gasteiger partial charge in [-0.2, -0.15) is 16.1 Å². The van der Waals surface area contributed by atoms with Crippen LogP contribution in [0.2, 0.25) is 0 Å². The van der Waals surface area contributed by atoms with Gasteiger partial charge < -0.3 is 14.4 Å². The number of aryl methyl sites for hydroxylation is 1. The van der Waals surface area contributed by atoms with Gasteiger partial charge in [-0.15, -0.1) is 0 Å². The van der Waals surface area contributed by atoms with E-state index in [-0.39, 0.29) is 11.4 Å². The zero-order valence-electron chi connectivity index (χ0n) is 23.8. The molecule has 2 aliphatic heterocycles. The molecule has 10 nitrogen and oxygen atoms in total. The number of rotatable bonds is 8. The summed E-state index contributed by atoms with van der Waals surface area (Å²) in [4.78, 5) is 42.7. The Bertz CT molecular complexity index is 1340. The van der Waals surface area contributed by atoms with Crippen molar-refractivity contribution in [2.24, 2.45) is 0 Å². The molecule has 2 atom stereocenters. The van der Waals surface area contributed by atoms with Crippen LogP contribution in [-0.2, 0) is 24.3 Å². The highest BCUT2D eigenvalue weighted by molar-refractivity contribution is 7.99. The summed E-state index contributed by atoms with van der Waals surface area (Å²) in [5.74, 6) is 0.867. The summed E-state index contributed by atoms with van der Waals surface area (Å²) in [7, 11) is -3.96. The minimum absolute atomic E-state index is 0.111. The van der Waals surface area contributed by atoms with Crippen LogP contribution in [0.3, 0.4) is 0 Å². The minimum atomic E-state index is -3.96. The lowest BCUT2D eigenvalue weighted by Crippen LogP contribution is -2.53. The van der Waals surface area contributed by atoms with Crippen molar-refractivity contribution in [2.45, 2.75) is 63.6 Å². The van der Waals surface area contributed by atoms with Crippen LogP contribution < -0.4 is 9.64 Å². The number of thioether (sulfide) groups is 1. The summed E-state index contributed by atoms with van der Waals surface area (Å²) >= 11 is 1.78. The highest BCUT2D eigenvalue weighted by atomic mass is 32.2. The van der Waals surface area contributed by atoms with Crippen LogP contribution in [0.5, 0.6) is 5.75 Å². The Balaban J connectivity index is 1.61. The molecule has 4 rings (SSSR count). The predicted molar refractivity (Wildman–Crippen MR) is 158 cm³/mol. The normalized spacial score (nSPS) is 18.7. The van der Waals surface area contributed by atoms with E-state index in [1.54, 1.807) is 73.8 Å². The summed E-state index contributed by atoms with van der Waals surface area (Å²) in [5.41, 5.74) is 1.28. The molecule has 2 heterocycles. The zero-order chi connectivity index (χ0) is 29.7. The zero-order valence-corrected chi connectivity index (χ0v) is 25.4. The maximum atomic E-state index is 14.1. The van der Waals surface area contributed by atoms with Crippen molar-refractivity contribution < 1.29 is 32.3 Å². The van der Waals surface area contributed by atoms with Crippen molar-refractivity contribution in [1.29, 1.82) is 0 Å². The molecule has 2 saturated heterocycles. The summed E-state index contributed by atoms with van der Waals surface area (Å²) in [5, 5.41) is 0. The van der Waals surface area contributed by atoms with Crippen molar-refractivity contribution in [3.05, 3.63) is 54.1 Å². The van der Waals surface area contributed by atoms with Crippen LogP contribution in [-0.4, -0.2) is 84.9 Å². The molecule has 2 aliphatic rings. The molecule has 0 N–H and O–H groups in total. The van der Waals surface area contributed by atoms with Crippen molar-refractivity contribution in [3.63, 3.8) is 0 Å². The smallest absolute Gasteiger partial charge is 0.415 e. The van der Waals surface area contributed by atoms with Gasteiger partial charge in [0.05, 0.1) is 11.0 Å². The van der Waals surface area contributed by atoms with Crippen molar-refractivity contribution in [3.8, 4) is 5.75 Å². The van der Waals surface area contributed by atoms with E-state index in [0.29, 0.717) is 37.4 Å². The molecule has 0 spiro atoms. The number of hydrogen-bond acceptors (Lipinski definition) is 8. The SMILES string of the molecule is Cc1ccc(S(=O)(=O)N2CCC[C@H]2C(=O)N(c2ccc(OC(=O)N3CCSCC3)cc2)[C@@H](C)C(=O)OC(C)C)cc1. The van der Waals surface area contributed by atoms with E-state index in [0.717, 1.165) is 17.1 Å². The van der Waals surface area contributed by atoms with Gasteiger partial charge in [-0.05, 0) is 76.9 Å². The van der Waals surface area contributed by atoms with Crippen LogP contribution in [0, 0.1) is 6.92 Å². The monoisotopic (exact) mass is 603 g/mol. The Labute approximate surface area is 246 Å². The van der Waals surface area contributed by atoms with Gasteiger partial charge >= 0.3 is 12.1 Å². The molecular weight excluding hydrogens is 566 g/mol. The number of carbonyl (C=O) groups excluding carboxylic acids is 3. The minimum Gasteiger partial charge on any atom is -0.461 e. The maximum absolute atomic E-state index is 14.1. The van der Waals surface area contributed by atoms with Gasteiger partial charge in [-0.25, -0.2) is 18.0 Å². The average molecular weight is 604 g/mol. The van der Waals surface area contributed by atoms with Gasteiger partial charge in [0, 0.05) is 36.8 Å². The second-order valence-electron chi connectivity index (χ2n) is 10.4. The third kappa shape index (κ3) is 7.22. The maximum Gasteiger partial charge on any atom is 0.415 e. The molecule has 12 heteroatoms. The number of hydrogen-bond donors (Lipinski definition) is 0. The van der Waals surface area contributed by atoms with Gasteiger partial charge in [0.25, 0.3) is 0 Å². The topological polar surface area (TPSA) is 114 Å². The van der Waals surface area contributed by atoms with E-state index in [9.17, 15) is 22.8 Å². The van der Waals surface area contributed by atoms with Gasteiger partial charge in [0.15, 0.2) is 0 Å². The molecule has 0 unspecified atom stereocenters. The van der Waals surface area contributed by atoms with E-state index in [1.807, 2.05) is 6.92 Å². The van der Waals surface area contributed by atoms with Crippen LogP contribution in [0.25, 0.3) is 0 Å². The second kappa shape index (κ2) is 13.3. The molecule has 0 bridgehead atoms. The number of carbonyl (C=O) groups is 3. The molecule has 41 heavy (non-hydrogen) atoms. The van der Waals surface area contributed by atoms with Gasteiger partial charge in [-0.3, -0.25) is 9.69 Å². The molecule has 0 saturated carbocycles. The quantitative estimate of drug-likeness (QED) is 0.415. The Morgan fingerprint density at radius 1 is 0.951 bits per heavy atom. The van der Waals surface area contributed by atoms with E-state index < -0.39 is 46.2 Å². The predicted octanol–water partition coefficient (Wildman–Crippen LogP) is 4.07. The Morgan fingerprint density at radius 2 is 1.59 bits per heavy atom. The molecule has 0 radical (unpaired) electrons. The van der Waals surface area contributed by atoms with Crippen molar-refractivity contribution in [1.82, 2.24) is 9.21 Å². The molecule has 2 aromatic carbocycles. The molecular formula is C29H37N3O7S2. The number of benzene rings is 2. The molecule has 0 aliphatic carbocycles.